The minimum absolute atomic E-state index is 0.202. The lowest BCUT2D eigenvalue weighted by molar-refractivity contribution is 0.431. The molecule has 8 nitrogen and oxygen atoms in total. The Balaban J connectivity index is 1.48. The van der Waals surface area contributed by atoms with Crippen LogP contribution in [0.5, 0.6) is 0 Å². The highest BCUT2D eigenvalue weighted by Crippen LogP contribution is 2.33. The summed E-state index contributed by atoms with van der Waals surface area (Å²) >= 11 is 0. The van der Waals surface area contributed by atoms with Gasteiger partial charge in [-0.05, 0) is 54.4 Å². The van der Waals surface area contributed by atoms with Gasteiger partial charge >= 0.3 is 0 Å². The van der Waals surface area contributed by atoms with Gasteiger partial charge in [0.25, 0.3) is 5.89 Å². The van der Waals surface area contributed by atoms with Crippen LogP contribution in [0.4, 0.5) is 10.1 Å². The van der Waals surface area contributed by atoms with Crippen LogP contribution in [0.25, 0.3) is 39.9 Å². The molecule has 1 aliphatic rings. The number of anilines is 1. The Morgan fingerprint density at radius 2 is 1.88 bits per heavy atom. The molecule has 0 fully saturated rings. The molecule has 0 unspecified atom stereocenters. The van der Waals surface area contributed by atoms with Gasteiger partial charge in [0.1, 0.15) is 17.2 Å². The highest BCUT2D eigenvalue weighted by atomic mass is 19.1. The molecule has 0 radical (unpaired) electrons. The zero-order chi connectivity index (χ0) is 21.5. The molecule has 4 heterocycles. The van der Waals surface area contributed by atoms with Crippen molar-refractivity contribution in [1.29, 1.82) is 0 Å². The number of rotatable bonds is 4. The predicted octanol–water partition coefficient (Wildman–Crippen LogP) is 4.15. The van der Waals surface area contributed by atoms with Gasteiger partial charge in [0.15, 0.2) is 5.69 Å². The fourth-order valence-electron chi connectivity index (χ4n) is 3.87. The fraction of sp³-hybridized carbons (Fsp3) is 0.0870. The fourth-order valence-corrected chi connectivity index (χ4v) is 3.87. The first-order valence-corrected chi connectivity index (χ1v) is 10.1. The Labute approximate surface area is 181 Å². The van der Waals surface area contributed by atoms with Crippen molar-refractivity contribution < 1.29 is 8.91 Å². The third-order valence-electron chi connectivity index (χ3n) is 5.41. The van der Waals surface area contributed by atoms with E-state index in [2.05, 4.69) is 36.8 Å². The molecule has 2 aromatic carbocycles. The summed E-state index contributed by atoms with van der Waals surface area (Å²) in [4.78, 5) is 8.64. The molecule has 0 atom stereocenters. The number of hydrogen-bond acceptors (Lipinski definition) is 7. The van der Waals surface area contributed by atoms with Gasteiger partial charge in [-0.25, -0.2) is 9.07 Å². The normalized spacial score (nSPS) is 12.5. The lowest BCUT2D eigenvalue weighted by Crippen LogP contribution is -2.02. The van der Waals surface area contributed by atoms with Crippen LogP contribution in [0.2, 0.25) is 0 Å². The second-order valence-electron chi connectivity index (χ2n) is 7.36. The Morgan fingerprint density at radius 3 is 2.75 bits per heavy atom. The summed E-state index contributed by atoms with van der Waals surface area (Å²) in [6, 6.07) is 16.0. The van der Waals surface area contributed by atoms with Crippen LogP contribution < -0.4 is 5.32 Å². The van der Waals surface area contributed by atoms with Crippen LogP contribution in [0.1, 0.15) is 5.56 Å². The van der Waals surface area contributed by atoms with Gasteiger partial charge in [0.05, 0.1) is 0 Å². The van der Waals surface area contributed by atoms with Crippen LogP contribution in [0.15, 0.2) is 71.5 Å². The second-order valence-corrected chi connectivity index (χ2v) is 7.36. The van der Waals surface area contributed by atoms with E-state index in [1.54, 1.807) is 42.7 Å². The number of hydrogen-bond donors (Lipinski definition) is 1. The monoisotopic (exact) mass is 425 g/mol. The maximum atomic E-state index is 14.6. The highest BCUT2D eigenvalue weighted by molar-refractivity contribution is 5.76. The molecule has 9 heteroatoms. The van der Waals surface area contributed by atoms with Crippen molar-refractivity contribution in [2.45, 2.75) is 6.42 Å². The molecule has 156 valence electrons. The number of benzene rings is 2. The number of pyridine rings is 1. The predicted molar refractivity (Wildman–Crippen MR) is 115 cm³/mol. The van der Waals surface area contributed by atoms with Crippen LogP contribution >= 0.6 is 0 Å². The average Bonchev–Trinajstić information content (AvgIpc) is 3.58. The molecule has 0 saturated carbocycles. The number of nitrogens with zero attached hydrogens (tertiary/aromatic N) is 6. The summed E-state index contributed by atoms with van der Waals surface area (Å²) in [5.74, 6) is 0.237. The number of halogens is 1. The SMILES string of the molecule is Fc1ccccc1-n1nnc(-c2nc(-c3ccc4c(c3)CCN4)no2)c1-c1ccncc1. The lowest BCUT2D eigenvalue weighted by Gasteiger charge is -2.08. The smallest absolute Gasteiger partial charge is 0.281 e. The van der Waals surface area contributed by atoms with Crippen LogP contribution in [0, 0.1) is 5.82 Å². The van der Waals surface area contributed by atoms with Crippen molar-refractivity contribution >= 4 is 5.69 Å². The van der Waals surface area contributed by atoms with E-state index in [1.807, 2.05) is 12.1 Å². The molecule has 0 aliphatic carbocycles. The average molecular weight is 425 g/mol. The Bertz CT molecular complexity index is 1430. The summed E-state index contributed by atoms with van der Waals surface area (Å²) in [5, 5.41) is 16.0. The molecule has 1 aliphatic heterocycles. The van der Waals surface area contributed by atoms with Crippen LogP contribution in [-0.2, 0) is 6.42 Å². The highest BCUT2D eigenvalue weighted by Gasteiger charge is 2.24. The van der Waals surface area contributed by atoms with Gasteiger partial charge in [0, 0.05) is 35.8 Å². The van der Waals surface area contributed by atoms with E-state index in [-0.39, 0.29) is 11.6 Å². The van der Waals surface area contributed by atoms with Crippen molar-refractivity contribution in [3.8, 4) is 39.9 Å². The summed E-state index contributed by atoms with van der Waals surface area (Å²) < 4.78 is 21.6. The summed E-state index contributed by atoms with van der Waals surface area (Å²) in [7, 11) is 0. The van der Waals surface area contributed by atoms with Crippen molar-refractivity contribution in [2.24, 2.45) is 0 Å². The van der Waals surface area contributed by atoms with E-state index in [4.69, 9.17) is 4.52 Å². The number of aromatic nitrogens is 6. The lowest BCUT2D eigenvalue weighted by atomic mass is 10.1. The van der Waals surface area contributed by atoms with Gasteiger partial charge in [-0.15, -0.1) is 5.10 Å². The van der Waals surface area contributed by atoms with E-state index in [1.165, 1.54) is 16.3 Å². The third kappa shape index (κ3) is 3.02. The van der Waals surface area contributed by atoms with Crippen molar-refractivity contribution in [2.75, 3.05) is 11.9 Å². The van der Waals surface area contributed by atoms with Gasteiger partial charge in [-0.1, -0.05) is 22.5 Å². The zero-order valence-electron chi connectivity index (χ0n) is 16.7. The van der Waals surface area contributed by atoms with Crippen LogP contribution in [-0.4, -0.2) is 36.7 Å². The molecule has 0 spiro atoms. The summed E-state index contributed by atoms with van der Waals surface area (Å²) in [6.07, 6.45) is 4.25. The first kappa shape index (κ1) is 18.4. The maximum Gasteiger partial charge on any atom is 0.281 e. The standard InChI is InChI=1S/C23H16FN7O/c24-17-3-1-2-4-19(17)31-21(14-7-10-25-11-8-14)20(28-30-31)23-27-22(29-32-23)16-5-6-18-15(13-16)9-12-26-18/h1-8,10-11,13,26H,9,12H2. The van der Waals surface area contributed by atoms with E-state index in [0.717, 1.165) is 29.8 Å². The quantitative estimate of drug-likeness (QED) is 0.462. The largest absolute Gasteiger partial charge is 0.384 e. The summed E-state index contributed by atoms with van der Waals surface area (Å²) in [6.45, 7) is 0.921. The first-order valence-electron chi connectivity index (χ1n) is 10.1. The molecule has 5 aromatic rings. The van der Waals surface area contributed by atoms with Crippen molar-refractivity contribution in [3.05, 3.63) is 78.4 Å². The maximum absolute atomic E-state index is 14.6. The Kier molecular flexibility index (Phi) is 4.24. The molecular weight excluding hydrogens is 409 g/mol. The van der Waals surface area contributed by atoms with E-state index in [9.17, 15) is 4.39 Å². The van der Waals surface area contributed by atoms with Crippen LogP contribution in [0.3, 0.4) is 0 Å². The number of para-hydroxylation sites is 1. The Hall–Kier alpha value is -4.40. The molecule has 1 N–H and O–H groups in total. The molecule has 32 heavy (non-hydrogen) atoms. The minimum Gasteiger partial charge on any atom is -0.384 e. The van der Waals surface area contributed by atoms with Crippen molar-refractivity contribution in [1.82, 2.24) is 30.1 Å². The molecule has 6 rings (SSSR count). The first-order chi connectivity index (χ1) is 15.8. The minimum atomic E-state index is -0.419. The van der Waals surface area contributed by atoms with E-state index >= 15 is 0 Å². The topological polar surface area (TPSA) is 94.6 Å². The second kappa shape index (κ2) is 7.38. The van der Waals surface area contributed by atoms with E-state index in [0.29, 0.717) is 17.2 Å². The van der Waals surface area contributed by atoms with Gasteiger partial charge in [-0.3, -0.25) is 4.98 Å². The third-order valence-corrected chi connectivity index (χ3v) is 5.41. The zero-order valence-corrected chi connectivity index (χ0v) is 16.7. The molecule has 0 bridgehead atoms. The summed E-state index contributed by atoms with van der Waals surface area (Å²) in [5.41, 5.74) is 5.11. The molecular formula is C23H16FN7O. The van der Waals surface area contributed by atoms with Gasteiger partial charge in [0.2, 0.25) is 5.82 Å². The van der Waals surface area contributed by atoms with E-state index < -0.39 is 5.82 Å². The Morgan fingerprint density at radius 1 is 1.00 bits per heavy atom. The molecule has 3 aromatic heterocycles. The molecule has 0 amide bonds. The van der Waals surface area contributed by atoms with Crippen molar-refractivity contribution in [3.63, 3.8) is 0 Å². The molecule has 0 saturated heterocycles. The van der Waals surface area contributed by atoms with Gasteiger partial charge in [-0.2, -0.15) is 4.98 Å². The van der Waals surface area contributed by atoms with Gasteiger partial charge < -0.3 is 9.84 Å². The number of fused-ring (bicyclic) bond motifs is 1. The number of nitrogens with one attached hydrogen (secondary N) is 1.